The number of hydrogen-bond donors (Lipinski definition) is 2. The molecule has 0 bridgehead atoms. The average molecular weight is 450 g/mol. The molecule has 2 aromatic carbocycles. The fraction of sp³-hybridized carbons (Fsp3) is 0.250. The van der Waals surface area contributed by atoms with Crippen molar-refractivity contribution >= 4 is 39.3 Å². The number of esters is 1. The first-order valence-corrected chi connectivity index (χ1v) is 9.38. The molecular weight excluding hydrogens is 430 g/mol. The smallest absolute Gasteiger partial charge is 0.306 e. The lowest BCUT2D eigenvalue weighted by atomic mass is 10.1. The summed E-state index contributed by atoms with van der Waals surface area (Å²) in [4.78, 5) is 35.8. The Labute approximate surface area is 170 Å². The van der Waals surface area contributed by atoms with Crippen LogP contribution in [0, 0.1) is 0 Å². The topological polar surface area (TPSA) is 102 Å². The minimum absolute atomic E-state index is 0.0609. The highest BCUT2D eigenvalue weighted by molar-refractivity contribution is 9.10. The predicted molar refractivity (Wildman–Crippen MR) is 107 cm³/mol. The molecule has 0 spiro atoms. The summed E-state index contributed by atoms with van der Waals surface area (Å²) in [5.74, 6) is -1.27. The van der Waals surface area contributed by atoms with Crippen molar-refractivity contribution in [2.75, 3.05) is 18.5 Å². The van der Waals surface area contributed by atoms with Crippen LogP contribution in [0.5, 0.6) is 11.5 Å². The van der Waals surface area contributed by atoms with Crippen LogP contribution in [0.3, 0.4) is 0 Å². The lowest BCUT2D eigenvalue weighted by Crippen LogP contribution is -2.21. The fourth-order valence-corrected chi connectivity index (χ4v) is 2.70. The summed E-state index contributed by atoms with van der Waals surface area (Å²) < 4.78 is 10.9. The van der Waals surface area contributed by atoms with E-state index in [1.54, 1.807) is 25.1 Å². The van der Waals surface area contributed by atoms with Gasteiger partial charge in [0.1, 0.15) is 0 Å². The maximum atomic E-state index is 12.2. The van der Waals surface area contributed by atoms with Crippen molar-refractivity contribution < 1.29 is 29.0 Å². The molecule has 0 aliphatic rings. The molecular formula is C20H20BrNO6. The number of benzene rings is 2. The first-order chi connectivity index (χ1) is 13.4. The standard InChI is InChI=1S/C20H20BrNO6/c1-2-27-18-10-13(6-7-17(18)24)16(23)8-9-20(26)28-12-19(25)22-15-5-3-4-14(21)11-15/h3-7,10-11,24H,2,8-9,12H2,1H3,(H,22,25). The van der Waals surface area contributed by atoms with E-state index in [1.165, 1.54) is 18.2 Å². The SMILES string of the molecule is CCOc1cc(C(=O)CCC(=O)OCC(=O)Nc2cccc(Br)c2)ccc1O. The molecule has 0 heterocycles. The number of hydrogen-bond acceptors (Lipinski definition) is 6. The summed E-state index contributed by atoms with van der Waals surface area (Å²) in [5, 5.41) is 12.3. The van der Waals surface area contributed by atoms with E-state index in [9.17, 15) is 19.5 Å². The highest BCUT2D eigenvalue weighted by Crippen LogP contribution is 2.27. The molecule has 0 fully saturated rings. The number of aromatic hydroxyl groups is 1. The number of phenolic OH excluding ortho intramolecular Hbond substituents is 1. The van der Waals surface area contributed by atoms with E-state index in [4.69, 9.17) is 9.47 Å². The molecule has 2 rings (SSSR count). The van der Waals surface area contributed by atoms with Crippen molar-refractivity contribution in [3.63, 3.8) is 0 Å². The molecule has 0 aliphatic heterocycles. The van der Waals surface area contributed by atoms with Gasteiger partial charge < -0.3 is 19.9 Å². The van der Waals surface area contributed by atoms with E-state index < -0.39 is 18.5 Å². The summed E-state index contributed by atoms with van der Waals surface area (Å²) in [6.45, 7) is 1.67. The van der Waals surface area contributed by atoms with Crippen molar-refractivity contribution in [3.8, 4) is 11.5 Å². The Balaban J connectivity index is 1.78. The van der Waals surface area contributed by atoms with Gasteiger partial charge in [0, 0.05) is 22.1 Å². The molecule has 0 radical (unpaired) electrons. The van der Waals surface area contributed by atoms with Crippen molar-refractivity contribution in [2.24, 2.45) is 0 Å². The van der Waals surface area contributed by atoms with Gasteiger partial charge in [0.25, 0.3) is 5.91 Å². The maximum absolute atomic E-state index is 12.2. The summed E-state index contributed by atoms with van der Waals surface area (Å²) in [7, 11) is 0. The Kier molecular flexibility index (Phi) is 8.01. The number of amides is 1. The van der Waals surface area contributed by atoms with Gasteiger partial charge in [-0.25, -0.2) is 0 Å². The fourth-order valence-electron chi connectivity index (χ4n) is 2.30. The van der Waals surface area contributed by atoms with Gasteiger partial charge >= 0.3 is 5.97 Å². The van der Waals surface area contributed by atoms with Crippen LogP contribution in [0.2, 0.25) is 0 Å². The molecule has 0 atom stereocenters. The minimum Gasteiger partial charge on any atom is -0.504 e. The molecule has 0 unspecified atom stereocenters. The van der Waals surface area contributed by atoms with Crippen LogP contribution < -0.4 is 10.1 Å². The van der Waals surface area contributed by atoms with Crippen LogP contribution in [0.4, 0.5) is 5.69 Å². The zero-order chi connectivity index (χ0) is 20.5. The van der Waals surface area contributed by atoms with E-state index in [-0.39, 0.29) is 30.1 Å². The minimum atomic E-state index is -0.651. The monoisotopic (exact) mass is 449 g/mol. The summed E-state index contributed by atoms with van der Waals surface area (Å²) in [6, 6.07) is 11.2. The Bertz CT molecular complexity index is 868. The second-order valence-corrected chi connectivity index (χ2v) is 6.67. The number of ketones is 1. The number of carbonyl (C=O) groups excluding carboxylic acids is 3. The van der Waals surface area contributed by atoms with E-state index in [2.05, 4.69) is 21.2 Å². The average Bonchev–Trinajstić information content (AvgIpc) is 2.66. The van der Waals surface area contributed by atoms with Crippen molar-refractivity contribution in [1.29, 1.82) is 0 Å². The van der Waals surface area contributed by atoms with Gasteiger partial charge in [-0.15, -0.1) is 0 Å². The van der Waals surface area contributed by atoms with Gasteiger partial charge in [-0.2, -0.15) is 0 Å². The number of ether oxygens (including phenoxy) is 2. The third kappa shape index (κ3) is 6.70. The zero-order valence-corrected chi connectivity index (χ0v) is 16.8. The van der Waals surface area contributed by atoms with Crippen LogP contribution in [-0.4, -0.2) is 36.0 Å². The second-order valence-electron chi connectivity index (χ2n) is 5.76. The normalized spacial score (nSPS) is 10.2. The highest BCUT2D eigenvalue weighted by Gasteiger charge is 2.14. The van der Waals surface area contributed by atoms with Crippen LogP contribution in [0.1, 0.15) is 30.1 Å². The molecule has 0 aromatic heterocycles. The molecule has 148 valence electrons. The molecule has 28 heavy (non-hydrogen) atoms. The quantitative estimate of drug-likeness (QED) is 0.446. The molecule has 0 saturated heterocycles. The van der Waals surface area contributed by atoms with Gasteiger partial charge in [0.15, 0.2) is 23.9 Å². The van der Waals surface area contributed by atoms with Crippen LogP contribution >= 0.6 is 15.9 Å². The molecule has 8 heteroatoms. The number of carbonyl (C=O) groups is 3. The third-order valence-electron chi connectivity index (χ3n) is 3.61. The van der Waals surface area contributed by atoms with E-state index in [1.807, 2.05) is 6.07 Å². The number of halogens is 1. The summed E-state index contributed by atoms with van der Waals surface area (Å²) in [6.07, 6.45) is -0.240. The first-order valence-electron chi connectivity index (χ1n) is 8.59. The van der Waals surface area contributed by atoms with E-state index >= 15 is 0 Å². The van der Waals surface area contributed by atoms with Gasteiger partial charge in [-0.1, -0.05) is 22.0 Å². The summed E-state index contributed by atoms with van der Waals surface area (Å²) >= 11 is 3.29. The van der Waals surface area contributed by atoms with Gasteiger partial charge in [-0.05, 0) is 43.3 Å². The van der Waals surface area contributed by atoms with Crippen LogP contribution in [-0.2, 0) is 14.3 Å². The number of phenols is 1. The number of nitrogens with one attached hydrogen (secondary N) is 1. The zero-order valence-electron chi connectivity index (χ0n) is 15.2. The van der Waals surface area contributed by atoms with Crippen LogP contribution in [0.25, 0.3) is 0 Å². The van der Waals surface area contributed by atoms with E-state index in [0.717, 1.165) is 4.47 Å². The second kappa shape index (κ2) is 10.5. The number of rotatable bonds is 9. The number of anilines is 1. The number of Topliss-reactive ketones (excluding diaryl/α,β-unsaturated/α-hetero) is 1. The third-order valence-corrected chi connectivity index (χ3v) is 4.10. The lowest BCUT2D eigenvalue weighted by molar-refractivity contribution is -0.147. The van der Waals surface area contributed by atoms with Crippen LogP contribution in [0.15, 0.2) is 46.9 Å². The molecule has 2 N–H and O–H groups in total. The highest BCUT2D eigenvalue weighted by atomic mass is 79.9. The van der Waals surface area contributed by atoms with Gasteiger partial charge in [-0.3, -0.25) is 14.4 Å². The summed E-state index contributed by atoms with van der Waals surface area (Å²) in [5.41, 5.74) is 0.893. The van der Waals surface area contributed by atoms with Gasteiger partial charge in [0.05, 0.1) is 13.0 Å². The Morgan fingerprint density at radius 3 is 2.61 bits per heavy atom. The maximum Gasteiger partial charge on any atom is 0.306 e. The Morgan fingerprint density at radius 1 is 1.11 bits per heavy atom. The molecule has 1 amide bonds. The molecule has 0 saturated carbocycles. The predicted octanol–water partition coefficient (Wildman–Crippen LogP) is 3.70. The largest absolute Gasteiger partial charge is 0.504 e. The lowest BCUT2D eigenvalue weighted by Gasteiger charge is -2.08. The first kappa shape index (κ1) is 21.4. The van der Waals surface area contributed by atoms with Crippen molar-refractivity contribution in [3.05, 3.63) is 52.5 Å². The van der Waals surface area contributed by atoms with Crippen molar-refractivity contribution in [1.82, 2.24) is 0 Å². The Morgan fingerprint density at radius 2 is 1.89 bits per heavy atom. The molecule has 2 aromatic rings. The molecule has 7 nitrogen and oxygen atoms in total. The Hall–Kier alpha value is -2.87. The van der Waals surface area contributed by atoms with Gasteiger partial charge in [0.2, 0.25) is 0 Å². The molecule has 0 aliphatic carbocycles. The van der Waals surface area contributed by atoms with E-state index in [0.29, 0.717) is 17.9 Å². The van der Waals surface area contributed by atoms with Crippen molar-refractivity contribution in [2.45, 2.75) is 19.8 Å².